The van der Waals surface area contributed by atoms with E-state index in [1.165, 1.54) is 83.5 Å². The second-order valence-electron chi connectivity index (χ2n) is 17.1. The minimum absolute atomic E-state index is 0.149. The molecule has 11 atom stereocenters. The standard InChI is InChI=1S/2C18H30O.CH4O3S/c1-12-9-15-5-4-8-18(12,11-19-15)16-13-6-7-14(10-13)17(16,2)3;1-13-7-5-4-6-10-18(13,12-19)16-14-8-9-15(11-14)17(16,2)3;1-5-4-3-2/h12-16H,4-11H2,1-3H3;5,7,13-16,19H,4,6,8-12H2,1-3H3;2H,1H3. The van der Waals surface area contributed by atoms with Gasteiger partial charge in [-0.1, -0.05) is 65.2 Å². The van der Waals surface area contributed by atoms with Crippen LogP contribution in [0.3, 0.4) is 0 Å². The average molecular weight is 621 g/mol. The second kappa shape index (κ2) is 13.6. The van der Waals surface area contributed by atoms with Crippen LogP contribution in [0.15, 0.2) is 12.2 Å². The van der Waals surface area contributed by atoms with Crippen molar-refractivity contribution < 1.29 is 24.5 Å². The summed E-state index contributed by atoms with van der Waals surface area (Å²) in [6, 6.07) is 0. The molecule has 6 bridgehead atoms. The Morgan fingerprint density at radius 2 is 1.51 bits per heavy atom. The highest BCUT2D eigenvalue weighted by Gasteiger charge is 2.63. The highest BCUT2D eigenvalue weighted by atomic mass is 32.2. The molecular formula is C37H64O5S. The van der Waals surface area contributed by atoms with Gasteiger partial charge in [0, 0.05) is 35.7 Å². The Morgan fingerprint density at radius 1 is 0.860 bits per heavy atom. The van der Waals surface area contributed by atoms with Crippen molar-refractivity contribution in [2.45, 2.75) is 131 Å². The van der Waals surface area contributed by atoms with Crippen molar-refractivity contribution in [1.82, 2.24) is 0 Å². The molecule has 0 spiro atoms. The summed E-state index contributed by atoms with van der Waals surface area (Å²) in [7, 11) is 0. The van der Waals surface area contributed by atoms with Crippen LogP contribution in [0.1, 0.15) is 125 Å². The predicted molar refractivity (Wildman–Crippen MR) is 176 cm³/mol. The number of aliphatic hydroxyl groups is 1. The third-order valence-corrected chi connectivity index (χ3v) is 15.1. The minimum Gasteiger partial charge on any atom is -0.396 e. The lowest BCUT2D eigenvalue weighted by Gasteiger charge is -2.55. The first-order valence-electron chi connectivity index (χ1n) is 17.9. The van der Waals surface area contributed by atoms with Gasteiger partial charge in [-0.05, 0) is 135 Å². The summed E-state index contributed by atoms with van der Waals surface area (Å²) in [6.45, 7) is 16.5. The Morgan fingerprint density at radius 3 is 2.02 bits per heavy atom. The molecule has 2 saturated heterocycles. The van der Waals surface area contributed by atoms with Crippen LogP contribution in [0.5, 0.6) is 0 Å². The van der Waals surface area contributed by atoms with E-state index in [1.54, 1.807) is 6.26 Å². The van der Waals surface area contributed by atoms with Gasteiger partial charge in [-0.3, -0.25) is 0 Å². The largest absolute Gasteiger partial charge is 0.396 e. The third kappa shape index (κ3) is 6.06. The van der Waals surface area contributed by atoms with Crippen LogP contribution in [0, 0.1) is 69.0 Å². The van der Waals surface area contributed by atoms with Crippen molar-refractivity contribution in [1.29, 1.82) is 0 Å². The maximum atomic E-state index is 10.3. The fourth-order valence-electron chi connectivity index (χ4n) is 13.0. The molecule has 5 saturated carbocycles. The Balaban J connectivity index is 0.000000149. The van der Waals surface area contributed by atoms with Crippen LogP contribution in [0.25, 0.3) is 0 Å². The van der Waals surface area contributed by atoms with Crippen LogP contribution in [-0.2, 0) is 14.1 Å². The summed E-state index contributed by atoms with van der Waals surface area (Å²) >= 11 is 0.929. The molecule has 2 N–H and O–H groups in total. The van der Waals surface area contributed by atoms with Crippen molar-refractivity contribution in [3.05, 3.63) is 12.2 Å². The van der Waals surface area contributed by atoms with E-state index in [0.717, 1.165) is 60.1 Å². The average Bonchev–Trinajstić information content (AvgIpc) is 3.66. The molecule has 0 aromatic heterocycles. The van der Waals surface area contributed by atoms with Crippen LogP contribution in [0.2, 0.25) is 0 Å². The highest BCUT2D eigenvalue weighted by Crippen LogP contribution is 2.69. The Kier molecular flexibility index (Phi) is 10.8. The van der Waals surface area contributed by atoms with Crippen molar-refractivity contribution in [2.75, 3.05) is 19.5 Å². The molecule has 43 heavy (non-hydrogen) atoms. The maximum absolute atomic E-state index is 10.3. The van der Waals surface area contributed by atoms with Crippen molar-refractivity contribution in [3.8, 4) is 0 Å². The van der Waals surface area contributed by atoms with E-state index in [-0.39, 0.29) is 5.41 Å². The Labute approximate surface area is 267 Å². The van der Waals surface area contributed by atoms with Gasteiger partial charge in [0.1, 0.15) is 0 Å². The van der Waals surface area contributed by atoms with Gasteiger partial charge in [0.25, 0.3) is 0 Å². The van der Waals surface area contributed by atoms with Gasteiger partial charge in [0.2, 0.25) is 0 Å². The molecule has 11 unspecified atom stereocenters. The second-order valence-corrected chi connectivity index (χ2v) is 17.6. The molecule has 5 nitrogen and oxygen atoms in total. The summed E-state index contributed by atoms with van der Waals surface area (Å²) in [6.07, 6.45) is 25.0. The fourth-order valence-corrected chi connectivity index (χ4v) is 13.1. The van der Waals surface area contributed by atoms with E-state index in [2.05, 4.69) is 63.1 Å². The van der Waals surface area contributed by atoms with Crippen molar-refractivity contribution in [3.63, 3.8) is 0 Å². The number of allylic oxidation sites excluding steroid dienone is 2. The molecule has 7 fully saturated rings. The molecule has 6 aliphatic carbocycles. The zero-order valence-corrected chi connectivity index (χ0v) is 29.3. The molecule has 0 aromatic rings. The molecule has 0 amide bonds. The lowest BCUT2D eigenvalue weighted by Crippen LogP contribution is -2.52. The maximum Gasteiger partial charge on any atom is 0.0578 e. The van der Waals surface area contributed by atoms with Crippen LogP contribution < -0.4 is 0 Å². The molecule has 8 rings (SSSR count). The van der Waals surface area contributed by atoms with Gasteiger partial charge in [-0.2, -0.15) is 0 Å². The van der Waals surface area contributed by atoms with E-state index in [4.69, 9.17) is 9.99 Å². The molecule has 248 valence electrons. The Bertz CT molecular complexity index is 945. The number of hydrogen-bond donors (Lipinski definition) is 2. The normalized spacial score (nSPS) is 46.9. The lowest BCUT2D eigenvalue weighted by molar-refractivity contribution is -0.432. The van der Waals surface area contributed by atoms with Crippen LogP contribution in [-0.4, -0.2) is 35.9 Å². The number of aliphatic hydroxyl groups excluding tert-OH is 1. The monoisotopic (exact) mass is 620 g/mol. The summed E-state index contributed by atoms with van der Waals surface area (Å²) in [5.74, 6) is 6.88. The van der Waals surface area contributed by atoms with Crippen LogP contribution in [0.4, 0.5) is 0 Å². The summed E-state index contributed by atoms with van der Waals surface area (Å²) in [4.78, 5) is 0. The zero-order valence-electron chi connectivity index (χ0n) is 28.5. The molecule has 6 heteroatoms. The predicted octanol–water partition coefficient (Wildman–Crippen LogP) is 9.75. The molecule has 0 radical (unpaired) electrons. The SMILES string of the molecule is CC1C=CCCCC1(CO)C1C2CCC(C2)C1(C)C.CC1CC2CCCC1(C1C3CCC(C3)C1(C)C)CO2.CSOOO. The number of ether oxygens (including phenoxy) is 1. The topological polar surface area (TPSA) is 68.2 Å². The quantitative estimate of drug-likeness (QED) is 0.138. The van der Waals surface area contributed by atoms with E-state index in [9.17, 15) is 5.11 Å². The molecule has 2 heterocycles. The van der Waals surface area contributed by atoms with Gasteiger partial charge in [-0.15, -0.1) is 4.33 Å². The highest BCUT2D eigenvalue weighted by molar-refractivity contribution is 7.93. The van der Waals surface area contributed by atoms with Crippen LogP contribution >= 0.6 is 12.0 Å². The van der Waals surface area contributed by atoms with E-state index < -0.39 is 0 Å². The Hall–Kier alpha value is -0.110. The van der Waals surface area contributed by atoms with Gasteiger partial charge in [0.05, 0.1) is 12.7 Å². The molecule has 8 aliphatic rings. The van der Waals surface area contributed by atoms with E-state index in [1.807, 2.05) is 0 Å². The molecular weight excluding hydrogens is 556 g/mol. The van der Waals surface area contributed by atoms with E-state index in [0.29, 0.717) is 34.9 Å². The van der Waals surface area contributed by atoms with Gasteiger partial charge >= 0.3 is 0 Å². The van der Waals surface area contributed by atoms with Crippen molar-refractivity contribution in [2.24, 2.45) is 69.0 Å². The first kappa shape index (κ1) is 34.2. The van der Waals surface area contributed by atoms with Gasteiger partial charge in [-0.25, -0.2) is 5.26 Å². The molecule has 2 aliphatic heterocycles. The first-order chi connectivity index (χ1) is 20.5. The number of hydrogen-bond acceptors (Lipinski definition) is 6. The smallest absolute Gasteiger partial charge is 0.0578 e. The van der Waals surface area contributed by atoms with E-state index >= 15 is 0 Å². The first-order valence-corrected chi connectivity index (χ1v) is 19.0. The van der Waals surface area contributed by atoms with Gasteiger partial charge in [0.15, 0.2) is 0 Å². The summed E-state index contributed by atoms with van der Waals surface area (Å²) in [5.41, 5.74) is 1.67. The third-order valence-electron chi connectivity index (χ3n) is 14.9. The lowest BCUT2D eigenvalue weighted by atomic mass is 9.52. The summed E-state index contributed by atoms with van der Waals surface area (Å²) in [5, 5.41) is 20.8. The molecule has 0 aromatic carbocycles. The van der Waals surface area contributed by atoms with Crippen molar-refractivity contribution >= 4 is 12.0 Å². The van der Waals surface area contributed by atoms with Gasteiger partial charge < -0.3 is 9.84 Å². The number of rotatable bonds is 5. The number of fused-ring (bicyclic) bond motifs is 8. The zero-order chi connectivity index (χ0) is 31.0. The summed E-state index contributed by atoms with van der Waals surface area (Å²) < 4.78 is 10.1. The fraction of sp³-hybridized carbons (Fsp3) is 0.946. The minimum atomic E-state index is 0.149.